The SMILES string of the molecule is CNC(=O)C1CN(C(=O)C2(c3cccc(F)c3)CCOCC2)CCN1Cc1ccccc1. The van der Waals surface area contributed by atoms with Crippen molar-refractivity contribution >= 4 is 11.8 Å². The number of hydrogen-bond donors (Lipinski definition) is 1. The fourth-order valence-corrected chi connectivity index (χ4v) is 4.86. The Morgan fingerprint density at radius 2 is 1.84 bits per heavy atom. The molecule has 4 rings (SSSR count). The number of nitrogens with one attached hydrogen (secondary N) is 1. The van der Waals surface area contributed by atoms with Crippen molar-refractivity contribution in [2.75, 3.05) is 39.9 Å². The van der Waals surface area contributed by atoms with Gasteiger partial charge in [0, 0.05) is 46.4 Å². The van der Waals surface area contributed by atoms with Crippen LogP contribution in [0.25, 0.3) is 0 Å². The smallest absolute Gasteiger partial charge is 0.238 e. The van der Waals surface area contributed by atoms with E-state index in [1.54, 1.807) is 18.0 Å². The number of carbonyl (C=O) groups excluding carboxylic acids is 2. The third-order valence-corrected chi connectivity index (χ3v) is 6.69. The summed E-state index contributed by atoms with van der Waals surface area (Å²) in [6, 6.07) is 15.9. The molecule has 2 aromatic rings. The second-order valence-electron chi connectivity index (χ2n) is 8.54. The van der Waals surface area contributed by atoms with Crippen LogP contribution < -0.4 is 5.32 Å². The normalized spacial score (nSPS) is 21.2. The van der Waals surface area contributed by atoms with Crippen LogP contribution in [0.3, 0.4) is 0 Å². The molecule has 7 heteroatoms. The van der Waals surface area contributed by atoms with Gasteiger partial charge in [-0.3, -0.25) is 14.5 Å². The molecule has 0 spiro atoms. The third-order valence-electron chi connectivity index (χ3n) is 6.69. The van der Waals surface area contributed by atoms with Crippen LogP contribution >= 0.6 is 0 Å². The average Bonchev–Trinajstić information content (AvgIpc) is 2.84. The zero-order valence-electron chi connectivity index (χ0n) is 18.4. The monoisotopic (exact) mass is 439 g/mol. The topological polar surface area (TPSA) is 61.9 Å². The van der Waals surface area contributed by atoms with Crippen molar-refractivity contribution in [1.82, 2.24) is 15.1 Å². The number of hydrogen-bond acceptors (Lipinski definition) is 4. The predicted molar refractivity (Wildman–Crippen MR) is 119 cm³/mol. The number of benzene rings is 2. The number of rotatable bonds is 5. The largest absolute Gasteiger partial charge is 0.381 e. The van der Waals surface area contributed by atoms with E-state index in [2.05, 4.69) is 10.2 Å². The first-order chi connectivity index (χ1) is 15.5. The molecular weight excluding hydrogens is 409 g/mol. The molecule has 0 radical (unpaired) electrons. The molecule has 0 bridgehead atoms. The van der Waals surface area contributed by atoms with E-state index in [4.69, 9.17) is 4.74 Å². The minimum Gasteiger partial charge on any atom is -0.381 e. The summed E-state index contributed by atoms with van der Waals surface area (Å²) in [6.07, 6.45) is 1.01. The number of ether oxygens (including phenoxy) is 1. The molecule has 170 valence electrons. The number of likely N-dealkylation sites (N-methyl/N-ethyl adjacent to an activating group) is 1. The Morgan fingerprint density at radius 1 is 1.09 bits per heavy atom. The van der Waals surface area contributed by atoms with Gasteiger partial charge in [-0.1, -0.05) is 42.5 Å². The van der Waals surface area contributed by atoms with E-state index in [1.165, 1.54) is 12.1 Å². The van der Waals surface area contributed by atoms with Gasteiger partial charge in [0.15, 0.2) is 0 Å². The number of nitrogens with zero attached hydrogens (tertiary/aromatic N) is 2. The molecule has 0 saturated carbocycles. The fourth-order valence-electron chi connectivity index (χ4n) is 4.86. The maximum absolute atomic E-state index is 14.1. The molecule has 2 saturated heterocycles. The van der Waals surface area contributed by atoms with E-state index in [-0.39, 0.29) is 17.6 Å². The number of piperazine rings is 1. The molecule has 1 atom stereocenters. The van der Waals surface area contributed by atoms with Crippen molar-refractivity contribution in [3.8, 4) is 0 Å². The van der Waals surface area contributed by atoms with Crippen molar-refractivity contribution in [3.63, 3.8) is 0 Å². The Bertz CT molecular complexity index is 946. The van der Waals surface area contributed by atoms with Crippen molar-refractivity contribution in [3.05, 3.63) is 71.5 Å². The first-order valence-electron chi connectivity index (χ1n) is 11.2. The van der Waals surface area contributed by atoms with Crippen LogP contribution in [0.1, 0.15) is 24.0 Å². The molecule has 2 heterocycles. The van der Waals surface area contributed by atoms with Crippen LogP contribution in [0.4, 0.5) is 4.39 Å². The summed E-state index contributed by atoms with van der Waals surface area (Å²) in [4.78, 5) is 30.6. The maximum atomic E-state index is 14.1. The Hall–Kier alpha value is -2.77. The summed E-state index contributed by atoms with van der Waals surface area (Å²) >= 11 is 0. The van der Waals surface area contributed by atoms with E-state index in [0.29, 0.717) is 57.8 Å². The highest BCUT2D eigenvalue weighted by molar-refractivity contribution is 5.90. The first-order valence-corrected chi connectivity index (χ1v) is 11.2. The molecular formula is C25H30FN3O3. The molecule has 6 nitrogen and oxygen atoms in total. The molecule has 0 aliphatic carbocycles. The van der Waals surface area contributed by atoms with Crippen LogP contribution in [0.5, 0.6) is 0 Å². The van der Waals surface area contributed by atoms with Gasteiger partial charge in [0.05, 0.1) is 5.41 Å². The Morgan fingerprint density at radius 3 is 2.53 bits per heavy atom. The summed E-state index contributed by atoms with van der Waals surface area (Å²) in [6.45, 7) is 2.98. The summed E-state index contributed by atoms with van der Waals surface area (Å²) in [5, 5.41) is 2.75. The lowest BCUT2D eigenvalue weighted by Crippen LogP contribution is -2.62. The predicted octanol–water partition coefficient (Wildman–Crippen LogP) is 2.33. The fraction of sp³-hybridized carbons (Fsp3) is 0.440. The van der Waals surface area contributed by atoms with Crippen LogP contribution in [0.2, 0.25) is 0 Å². The molecule has 2 amide bonds. The van der Waals surface area contributed by atoms with E-state index >= 15 is 0 Å². The average molecular weight is 440 g/mol. The third kappa shape index (κ3) is 4.54. The molecule has 1 N–H and O–H groups in total. The minimum absolute atomic E-state index is 0.0420. The summed E-state index contributed by atoms with van der Waals surface area (Å²) < 4.78 is 19.6. The molecule has 1 unspecified atom stereocenters. The van der Waals surface area contributed by atoms with E-state index in [9.17, 15) is 14.0 Å². The van der Waals surface area contributed by atoms with Crippen molar-refractivity contribution in [1.29, 1.82) is 0 Å². The highest BCUT2D eigenvalue weighted by Gasteiger charge is 2.46. The van der Waals surface area contributed by atoms with Crippen LogP contribution in [-0.2, 0) is 26.3 Å². The molecule has 2 aromatic carbocycles. The molecule has 2 aliphatic heterocycles. The summed E-state index contributed by atoms with van der Waals surface area (Å²) in [5.74, 6) is -0.498. The van der Waals surface area contributed by atoms with Crippen molar-refractivity contribution in [2.24, 2.45) is 0 Å². The molecule has 0 aromatic heterocycles. The zero-order valence-corrected chi connectivity index (χ0v) is 18.4. The van der Waals surface area contributed by atoms with E-state index < -0.39 is 11.5 Å². The lowest BCUT2D eigenvalue weighted by molar-refractivity contribution is -0.146. The maximum Gasteiger partial charge on any atom is 0.238 e. The minimum atomic E-state index is -0.824. The standard InChI is InChI=1S/C25H30FN3O3/c1-27-23(30)22-18-29(13-12-28(22)17-19-6-3-2-4-7-19)24(31)25(10-14-32-15-11-25)20-8-5-9-21(26)16-20/h2-9,16,22H,10-15,17-18H2,1H3,(H,27,30). The quantitative estimate of drug-likeness (QED) is 0.777. The van der Waals surface area contributed by atoms with Gasteiger partial charge < -0.3 is 15.0 Å². The van der Waals surface area contributed by atoms with Gasteiger partial charge in [0.2, 0.25) is 11.8 Å². The van der Waals surface area contributed by atoms with E-state index in [1.807, 2.05) is 36.4 Å². The summed E-state index contributed by atoms with van der Waals surface area (Å²) in [5.41, 5.74) is 0.991. The van der Waals surface area contributed by atoms with Gasteiger partial charge in [-0.15, -0.1) is 0 Å². The van der Waals surface area contributed by atoms with Gasteiger partial charge in [-0.05, 0) is 36.1 Å². The lowest BCUT2D eigenvalue weighted by atomic mass is 9.72. The first kappa shape index (κ1) is 22.4. The van der Waals surface area contributed by atoms with Crippen LogP contribution in [-0.4, -0.2) is 67.6 Å². The Labute approximate surface area is 188 Å². The zero-order chi connectivity index (χ0) is 22.6. The lowest BCUT2D eigenvalue weighted by Gasteiger charge is -2.45. The second-order valence-corrected chi connectivity index (χ2v) is 8.54. The number of halogens is 1. The highest BCUT2D eigenvalue weighted by atomic mass is 19.1. The number of carbonyl (C=O) groups is 2. The Balaban J connectivity index is 1.58. The van der Waals surface area contributed by atoms with Gasteiger partial charge in [-0.2, -0.15) is 0 Å². The van der Waals surface area contributed by atoms with Crippen molar-refractivity contribution in [2.45, 2.75) is 30.8 Å². The molecule has 32 heavy (non-hydrogen) atoms. The van der Waals surface area contributed by atoms with Gasteiger partial charge in [-0.25, -0.2) is 4.39 Å². The van der Waals surface area contributed by atoms with E-state index in [0.717, 1.165) is 5.56 Å². The molecule has 2 aliphatic rings. The number of amides is 2. The van der Waals surface area contributed by atoms with Gasteiger partial charge in [0.25, 0.3) is 0 Å². The van der Waals surface area contributed by atoms with Crippen molar-refractivity contribution < 1.29 is 18.7 Å². The second kappa shape index (κ2) is 9.79. The van der Waals surface area contributed by atoms with Crippen LogP contribution in [0.15, 0.2) is 54.6 Å². The summed E-state index contributed by atoms with van der Waals surface area (Å²) in [7, 11) is 1.62. The highest BCUT2D eigenvalue weighted by Crippen LogP contribution is 2.37. The van der Waals surface area contributed by atoms with Gasteiger partial charge >= 0.3 is 0 Å². The van der Waals surface area contributed by atoms with Crippen LogP contribution in [0, 0.1) is 5.82 Å². The molecule has 2 fully saturated rings. The van der Waals surface area contributed by atoms with Gasteiger partial charge in [0.1, 0.15) is 11.9 Å². The Kier molecular flexibility index (Phi) is 6.86.